The van der Waals surface area contributed by atoms with E-state index in [2.05, 4.69) is 49.4 Å². The highest BCUT2D eigenvalue weighted by atomic mass is 16.6. The lowest BCUT2D eigenvalue weighted by Crippen LogP contribution is -2.12. The molecule has 0 unspecified atom stereocenters. The molecule has 0 amide bonds. The van der Waals surface area contributed by atoms with Crippen LogP contribution in [0.15, 0.2) is 152 Å². The molecule has 52 heavy (non-hydrogen) atoms. The molecule has 0 aliphatic heterocycles. The quantitative estimate of drug-likeness (QED) is 0.0660. The average Bonchev–Trinajstić information content (AvgIpc) is 3.21. The summed E-state index contributed by atoms with van der Waals surface area (Å²) in [6.45, 7) is 4.80. The molecule has 0 spiro atoms. The summed E-state index contributed by atoms with van der Waals surface area (Å²) in [6.07, 6.45) is 0.813. The van der Waals surface area contributed by atoms with Crippen molar-refractivity contribution in [2.45, 2.75) is 33.2 Å². The highest BCUT2D eigenvalue weighted by Crippen LogP contribution is 2.36. The van der Waals surface area contributed by atoms with Gasteiger partial charge in [0, 0.05) is 5.56 Å². The van der Waals surface area contributed by atoms with E-state index in [-0.39, 0.29) is 6.61 Å². The lowest BCUT2D eigenvalue weighted by molar-refractivity contribution is 0.0288. The second-order valence-corrected chi connectivity index (χ2v) is 12.3. The average molecular weight is 693 g/mol. The van der Waals surface area contributed by atoms with Crippen molar-refractivity contribution in [3.8, 4) is 33.8 Å². The third-order valence-electron chi connectivity index (χ3n) is 8.60. The van der Waals surface area contributed by atoms with Crippen LogP contribution >= 0.6 is 0 Å². The molecule has 0 aliphatic carbocycles. The Morgan fingerprint density at radius 2 is 1.06 bits per heavy atom. The van der Waals surface area contributed by atoms with E-state index < -0.39 is 5.97 Å². The largest absolute Gasteiger partial charge is 0.491 e. The van der Waals surface area contributed by atoms with Crippen LogP contribution in [0, 0.1) is 0 Å². The van der Waals surface area contributed by atoms with E-state index in [9.17, 15) is 4.79 Å². The van der Waals surface area contributed by atoms with Crippen LogP contribution in [0.2, 0.25) is 0 Å². The van der Waals surface area contributed by atoms with Crippen molar-refractivity contribution in [3.05, 3.63) is 179 Å². The monoisotopic (exact) mass is 692 g/mol. The van der Waals surface area contributed by atoms with Crippen molar-refractivity contribution < 1.29 is 28.5 Å². The van der Waals surface area contributed by atoms with Crippen LogP contribution < -0.4 is 9.47 Å². The Bertz CT molecular complexity index is 1980. The second kappa shape index (κ2) is 19.1. The predicted octanol–water partition coefficient (Wildman–Crippen LogP) is 10.1. The van der Waals surface area contributed by atoms with Crippen LogP contribution in [0.5, 0.6) is 11.5 Å². The van der Waals surface area contributed by atoms with Gasteiger partial charge in [-0.05, 0) is 75.7 Å². The van der Waals surface area contributed by atoms with E-state index in [1.54, 1.807) is 12.1 Å². The van der Waals surface area contributed by atoms with Crippen molar-refractivity contribution in [2.24, 2.45) is 0 Å². The number of carbonyl (C=O) groups is 1. The molecule has 6 nitrogen and oxygen atoms in total. The van der Waals surface area contributed by atoms with Gasteiger partial charge in [0.2, 0.25) is 0 Å². The Labute approximate surface area is 306 Å². The van der Waals surface area contributed by atoms with Crippen molar-refractivity contribution in [1.29, 1.82) is 0 Å². The molecule has 264 valence electrons. The van der Waals surface area contributed by atoms with Gasteiger partial charge in [-0.15, -0.1) is 0 Å². The molecule has 6 aromatic carbocycles. The maximum atomic E-state index is 13.1. The number of hydrogen-bond donors (Lipinski definition) is 0. The van der Waals surface area contributed by atoms with E-state index in [1.165, 1.54) is 0 Å². The van der Waals surface area contributed by atoms with Gasteiger partial charge in [0.05, 0.1) is 32.0 Å². The number of aryl methyl sites for hydroxylation is 1. The molecular weight excluding hydrogens is 649 g/mol. The number of esters is 1. The van der Waals surface area contributed by atoms with Gasteiger partial charge in [-0.25, -0.2) is 4.79 Å². The fourth-order valence-corrected chi connectivity index (χ4v) is 5.82. The Kier molecular flexibility index (Phi) is 13.2. The summed E-state index contributed by atoms with van der Waals surface area (Å²) in [4.78, 5) is 13.1. The van der Waals surface area contributed by atoms with E-state index in [1.807, 2.05) is 97.1 Å². The van der Waals surface area contributed by atoms with Gasteiger partial charge in [-0.1, -0.05) is 128 Å². The van der Waals surface area contributed by atoms with Crippen LogP contribution in [0.25, 0.3) is 22.3 Å². The first-order chi connectivity index (χ1) is 25.7. The van der Waals surface area contributed by atoms with E-state index in [0.29, 0.717) is 51.0 Å². The number of carbonyl (C=O) groups excluding carboxylic acids is 1. The molecule has 0 N–H and O–H groups in total. The highest BCUT2D eigenvalue weighted by Gasteiger charge is 2.16. The zero-order valence-corrected chi connectivity index (χ0v) is 29.5. The van der Waals surface area contributed by atoms with Gasteiger partial charge < -0.3 is 23.7 Å². The highest BCUT2D eigenvalue weighted by molar-refractivity contribution is 5.91. The third kappa shape index (κ3) is 10.4. The fourth-order valence-electron chi connectivity index (χ4n) is 5.82. The van der Waals surface area contributed by atoms with E-state index >= 15 is 0 Å². The maximum Gasteiger partial charge on any atom is 0.338 e. The SMILES string of the molecule is CCc1cc(-c2ccc(OCc3ccccc3)cc2)ccc1-c1ccc(C(=O)OCCOCc2ccccc2)cc1OCCOCc1ccccc1. The molecule has 0 radical (unpaired) electrons. The van der Waals surface area contributed by atoms with Crippen LogP contribution in [0.1, 0.15) is 39.5 Å². The van der Waals surface area contributed by atoms with Gasteiger partial charge in [0.25, 0.3) is 0 Å². The summed E-state index contributed by atoms with van der Waals surface area (Å²) in [5.41, 5.74) is 9.04. The standard InChI is InChI=1S/C46H44O6/c1-2-38-30-40(39-18-22-42(23-19-39)52-34-37-16-10-5-11-17-37)20-24-43(38)44-25-21-41(46(47)51-29-27-49-33-36-14-8-4-9-15-36)31-45(44)50-28-26-48-32-35-12-6-3-7-13-35/h3-25,30-31H,2,26-29,32-34H2,1H3. The molecule has 6 aromatic rings. The molecule has 0 aliphatic rings. The first kappa shape index (κ1) is 36.1. The topological polar surface area (TPSA) is 63.2 Å². The Hall–Kier alpha value is -5.69. The smallest absolute Gasteiger partial charge is 0.338 e. The third-order valence-corrected chi connectivity index (χ3v) is 8.60. The van der Waals surface area contributed by atoms with Crippen molar-refractivity contribution in [3.63, 3.8) is 0 Å². The summed E-state index contributed by atoms with van der Waals surface area (Å²) in [7, 11) is 0. The van der Waals surface area contributed by atoms with Gasteiger partial charge in [-0.2, -0.15) is 0 Å². The summed E-state index contributed by atoms with van der Waals surface area (Å²) < 4.78 is 29.5. The molecule has 6 rings (SSSR count). The molecule has 0 fully saturated rings. The normalized spacial score (nSPS) is 10.9. The van der Waals surface area contributed by atoms with Gasteiger partial charge in [-0.3, -0.25) is 0 Å². The van der Waals surface area contributed by atoms with Crippen LogP contribution in [0.3, 0.4) is 0 Å². The summed E-state index contributed by atoms with van der Waals surface area (Å²) in [6, 6.07) is 50.3. The zero-order valence-electron chi connectivity index (χ0n) is 29.5. The molecule has 0 heterocycles. The van der Waals surface area contributed by atoms with Gasteiger partial charge in [0.15, 0.2) is 0 Å². The molecule has 0 atom stereocenters. The van der Waals surface area contributed by atoms with Gasteiger partial charge >= 0.3 is 5.97 Å². The number of ether oxygens (including phenoxy) is 5. The van der Waals surface area contributed by atoms with E-state index in [0.717, 1.165) is 56.7 Å². The molecule has 0 bridgehead atoms. The minimum atomic E-state index is -0.428. The summed E-state index contributed by atoms with van der Waals surface area (Å²) in [5.74, 6) is 0.996. The second-order valence-electron chi connectivity index (χ2n) is 12.3. The maximum absolute atomic E-state index is 13.1. The lowest BCUT2D eigenvalue weighted by Gasteiger charge is -2.17. The number of rotatable bonds is 18. The minimum absolute atomic E-state index is 0.151. The lowest BCUT2D eigenvalue weighted by atomic mass is 9.92. The minimum Gasteiger partial charge on any atom is -0.491 e. The predicted molar refractivity (Wildman–Crippen MR) is 205 cm³/mol. The Morgan fingerprint density at radius 1 is 0.500 bits per heavy atom. The Morgan fingerprint density at radius 3 is 1.67 bits per heavy atom. The zero-order chi connectivity index (χ0) is 35.8. The van der Waals surface area contributed by atoms with E-state index in [4.69, 9.17) is 23.7 Å². The summed E-state index contributed by atoms with van der Waals surface area (Å²) >= 11 is 0. The van der Waals surface area contributed by atoms with Crippen molar-refractivity contribution in [1.82, 2.24) is 0 Å². The first-order valence-corrected chi connectivity index (χ1v) is 17.7. The molecule has 0 saturated carbocycles. The van der Waals surface area contributed by atoms with Crippen molar-refractivity contribution in [2.75, 3.05) is 26.4 Å². The summed E-state index contributed by atoms with van der Waals surface area (Å²) in [5, 5.41) is 0. The molecular formula is C46H44O6. The fraction of sp³-hybridized carbons (Fsp3) is 0.196. The number of hydrogen-bond acceptors (Lipinski definition) is 6. The Balaban J connectivity index is 1.14. The first-order valence-electron chi connectivity index (χ1n) is 17.7. The molecule has 0 saturated heterocycles. The van der Waals surface area contributed by atoms with Crippen LogP contribution in [0.4, 0.5) is 0 Å². The molecule has 0 aromatic heterocycles. The van der Waals surface area contributed by atoms with Crippen LogP contribution in [-0.4, -0.2) is 32.4 Å². The van der Waals surface area contributed by atoms with Crippen molar-refractivity contribution >= 4 is 5.97 Å². The molecule has 6 heteroatoms. The van der Waals surface area contributed by atoms with Gasteiger partial charge in [0.1, 0.15) is 31.3 Å². The van der Waals surface area contributed by atoms with Crippen LogP contribution in [-0.2, 0) is 40.5 Å². The number of benzene rings is 6.